The van der Waals surface area contributed by atoms with Crippen LogP contribution in [0.2, 0.25) is 0 Å². The van der Waals surface area contributed by atoms with Crippen molar-refractivity contribution in [2.45, 2.75) is 43.0 Å². The van der Waals surface area contributed by atoms with E-state index in [1.165, 1.54) is 37.8 Å². The normalized spacial score (nSPS) is 14.8. The average Bonchev–Trinajstić information content (AvgIpc) is 2.82. The third kappa shape index (κ3) is 5.34. The van der Waals surface area contributed by atoms with Crippen LogP contribution >= 0.6 is 0 Å². The smallest absolute Gasteiger partial charge is 0.243 e. The third-order valence-electron chi connectivity index (χ3n) is 5.62. The van der Waals surface area contributed by atoms with Gasteiger partial charge in [0.15, 0.2) is 11.5 Å². The number of carbonyl (C=O) groups excluding carboxylic acids is 1. The topological polar surface area (TPSA) is 94.2 Å². The van der Waals surface area contributed by atoms with Gasteiger partial charge in [-0.05, 0) is 37.1 Å². The standard InChI is InChI=1S/C23H30N2O6S/c1-29-20-12-8-7-11-19(20)24-23(26)16-25(17-9-5-4-6-10-17)32(27,28)18-13-14-21(30-2)22(15-18)31-3/h7-8,11-15,17H,4-6,9-10,16H2,1-3H3,(H,24,26). The molecule has 174 valence electrons. The lowest BCUT2D eigenvalue weighted by molar-refractivity contribution is -0.116. The fourth-order valence-corrected chi connectivity index (χ4v) is 5.63. The monoisotopic (exact) mass is 462 g/mol. The van der Waals surface area contributed by atoms with Crippen LogP contribution in [0.25, 0.3) is 0 Å². The molecule has 32 heavy (non-hydrogen) atoms. The van der Waals surface area contributed by atoms with E-state index in [1.807, 2.05) is 0 Å². The zero-order valence-corrected chi connectivity index (χ0v) is 19.5. The van der Waals surface area contributed by atoms with Crippen molar-refractivity contribution in [3.8, 4) is 17.2 Å². The van der Waals surface area contributed by atoms with E-state index in [4.69, 9.17) is 14.2 Å². The molecule has 1 aliphatic rings. The van der Waals surface area contributed by atoms with Gasteiger partial charge in [0.2, 0.25) is 15.9 Å². The number of methoxy groups -OCH3 is 3. The first kappa shape index (κ1) is 23.9. The molecule has 3 rings (SSSR count). The van der Waals surface area contributed by atoms with Crippen molar-refractivity contribution in [1.29, 1.82) is 0 Å². The number of hydrogen-bond donors (Lipinski definition) is 1. The number of amides is 1. The van der Waals surface area contributed by atoms with Gasteiger partial charge in [0.25, 0.3) is 0 Å². The quantitative estimate of drug-likeness (QED) is 0.611. The number of rotatable bonds is 9. The summed E-state index contributed by atoms with van der Waals surface area (Å²) in [5, 5.41) is 2.78. The third-order valence-corrected chi connectivity index (χ3v) is 7.52. The van der Waals surface area contributed by atoms with E-state index in [0.717, 1.165) is 19.3 Å². The Morgan fingerprint density at radius 2 is 1.59 bits per heavy atom. The molecule has 0 spiro atoms. The highest BCUT2D eigenvalue weighted by Crippen LogP contribution is 2.33. The highest BCUT2D eigenvalue weighted by atomic mass is 32.2. The first-order valence-electron chi connectivity index (χ1n) is 10.6. The number of anilines is 1. The molecule has 0 radical (unpaired) electrons. The molecule has 0 atom stereocenters. The predicted octanol–water partition coefficient (Wildman–Crippen LogP) is 3.67. The van der Waals surface area contributed by atoms with Crippen molar-refractivity contribution in [1.82, 2.24) is 4.31 Å². The molecule has 0 unspecified atom stereocenters. The van der Waals surface area contributed by atoms with Crippen LogP contribution < -0.4 is 19.5 Å². The lowest BCUT2D eigenvalue weighted by Crippen LogP contribution is -2.45. The summed E-state index contributed by atoms with van der Waals surface area (Å²) in [6.45, 7) is -0.292. The molecule has 1 fully saturated rings. The molecule has 1 saturated carbocycles. The van der Waals surface area contributed by atoms with Gasteiger partial charge >= 0.3 is 0 Å². The molecular formula is C23H30N2O6S. The van der Waals surface area contributed by atoms with Crippen molar-refractivity contribution in [2.75, 3.05) is 33.2 Å². The van der Waals surface area contributed by atoms with E-state index in [9.17, 15) is 13.2 Å². The second kappa shape index (κ2) is 10.7. The second-order valence-corrected chi connectivity index (χ2v) is 9.50. The van der Waals surface area contributed by atoms with E-state index >= 15 is 0 Å². The summed E-state index contributed by atoms with van der Waals surface area (Å²) in [6.07, 6.45) is 4.35. The minimum absolute atomic E-state index is 0.0609. The van der Waals surface area contributed by atoms with Gasteiger partial charge in [0, 0.05) is 12.1 Å². The minimum atomic E-state index is -3.96. The first-order valence-corrected chi connectivity index (χ1v) is 12.0. The van der Waals surface area contributed by atoms with Gasteiger partial charge in [-0.2, -0.15) is 4.31 Å². The van der Waals surface area contributed by atoms with E-state index in [-0.39, 0.29) is 17.5 Å². The van der Waals surface area contributed by atoms with Crippen molar-refractivity contribution >= 4 is 21.6 Å². The van der Waals surface area contributed by atoms with Crippen LogP contribution in [-0.2, 0) is 14.8 Å². The van der Waals surface area contributed by atoms with Crippen LogP contribution in [-0.4, -0.2) is 52.5 Å². The Morgan fingerprint density at radius 1 is 0.938 bits per heavy atom. The van der Waals surface area contributed by atoms with Gasteiger partial charge in [-0.3, -0.25) is 4.79 Å². The predicted molar refractivity (Wildman–Crippen MR) is 122 cm³/mol. The zero-order valence-electron chi connectivity index (χ0n) is 18.7. The largest absolute Gasteiger partial charge is 0.495 e. The number of hydrogen-bond acceptors (Lipinski definition) is 6. The number of benzene rings is 2. The molecule has 1 N–H and O–H groups in total. The first-order chi connectivity index (χ1) is 15.4. The summed E-state index contributed by atoms with van der Waals surface area (Å²) < 4.78 is 44.4. The number of ether oxygens (including phenoxy) is 3. The summed E-state index contributed by atoms with van der Waals surface area (Å²) in [4.78, 5) is 13.0. The van der Waals surface area contributed by atoms with Crippen LogP contribution in [0.5, 0.6) is 17.2 Å². The van der Waals surface area contributed by atoms with Gasteiger partial charge in [-0.15, -0.1) is 0 Å². The van der Waals surface area contributed by atoms with Crippen molar-refractivity contribution in [3.05, 3.63) is 42.5 Å². The van der Waals surface area contributed by atoms with Crippen LogP contribution in [0.15, 0.2) is 47.4 Å². The summed E-state index contributed by atoms with van der Waals surface area (Å²) in [5.41, 5.74) is 0.493. The van der Waals surface area contributed by atoms with Gasteiger partial charge in [-0.1, -0.05) is 31.4 Å². The molecule has 8 nitrogen and oxygen atoms in total. The average molecular weight is 463 g/mol. The van der Waals surface area contributed by atoms with Crippen LogP contribution in [0.4, 0.5) is 5.69 Å². The molecule has 0 aromatic heterocycles. The fourth-order valence-electron chi connectivity index (χ4n) is 3.97. The van der Waals surface area contributed by atoms with Crippen LogP contribution in [0, 0.1) is 0 Å². The van der Waals surface area contributed by atoms with Crippen LogP contribution in [0.1, 0.15) is 32.1 Å². The second-order valence-electron chi connectivity index (χ2n) is 7.61. The molecule has 0 bridgehead atoms. The van der Waals surface area contributed by atoms with E-state index in [0.29, 0.717) is 35.8 Å². The number of carbonyl (C=O) groups is 1. The molecule has 0 aliphatic heterocycles. The summed E-state index contributed by atoms with van der Waals surface area (Å²) >= 11 is 0. The van der Waals surface area contributed by atoms with Crippen molar-refractivity contribution in [2.24, 2.45) is 0 Å². The number of nitrogens with zero attached hydrogens (tertiary/aromatic N) is 1. The number of para-hydroxylation sites is 2. The zero-order chi connectivity index (χ0) is 23.1. The Bertz CT molecular complexity index is 1030. The Kier molecular flexibility index (Phi) is 7.98. The molecule has 1 amide bonds. The minimum Gasteiger partial charge on any atom is -0.495 e. The van der Waals surface area contributed by atoms with Crippen molar-refractivity contribution in [3.63, 3.8) is 0 Å². The lowest BCUT2D eigenvalue weighted by atomic mass is 9.95. The summed E-state index contributed by atoms with van der Waals surface area (Å²) in [5.74, 6) is 0.831. The van der Waals surface area contributed by atoms with Gasteiger partial charge in [-0.25, -0.2) is 8.42 Å². The number of sulfonamides is 1. The molecule has 0 heterocycles. The molecule has 9 heteroatoms. The van der Waals surface area contributed by atoms with E-state index < -0.39 is 15.9 Å². The maximum Gasteiger partial charge on any atom is 0.243 e. The Hall–Kier alpha value is -2.78. The fraction of sp³-hybridized carbons (Fsp3) is 0.435. The Balaban J connectivity index is 1.90. The Labute approximate surface area is 189 Å². The maximum atomic E-state index is 13.6. The van der Waals surface area contributed by atoms with E-state index in [2.05, 4.69) is 5.32 Å². The molecule has 0 saturated heterocycles. The SMILES string of the molecule is COc1ccccc1NC(=O)CN(C1CCCCC1)S(=O)(=O)c1ccc(OC)c(OC)c1. The number of nitrogens with one attached hydrogen (secondary N) is 1. The molecule has 2 aromatic rings. The summed E-state index contributed by atoms with van der Waals surface area (Å²) in [7, 11) is 0.500. The summed E-state index contributed by atoms with van der Waals surface area (Å²) in [6, 6.07) is 11.2. The lowest BCUT2D eigenvalue weighted by Gasteiger charge is -2.33. The molecule has 2 aromatic carbocycles. The molecule has 1 aliphatic carbocycles. The van der Waals surface area contributed by atoms with E-state index in [1.54, 1.807) is 30.3 Å². The van der Waals surface area contributed by atoms with Crippen molar-refractivity contribution < 1.29 is 27.4 Å². The molecular weight excluding hydrogens is 432 g/mol. The van der Waals surface area contributed by atoms with Gasteiger partial charge in [0.05, 0.1) is 38.5 Å². The van der Waals surface area contributed by atoms with Gasteiger partial charge < -0.3 is 19.5 Å². The highest BCUT2D eigenvalue weighted by Gasteiger charge is 2.34. The van der Waals surface area contributed by atoms with Gasteiger partial charge in [0.1, 0.15) is 5.75 Å². The maximum absolute atomic E-state index is 13.6. The highest BCUT2D eigenvalue weighted by molar-refractivity contribution is 7.89. The Morgan fingerprint density at radius 3 is 2.25 bits per heavy atom. The van der Waals surface area contributed by atoms with Crippen LogP contribution in [0.3, 0.4) is 0 Å².